The van der Waals surface area contributed by atoms with E-state index in [1.807, 2.05) is 20.8 Å². The van der Waals surface area contributed by atoms with Gasteiger partial charge in [-0.1, -0.05) is 13.8 Å². The number of carbonyl (C=O) groups excluding carboxylic acids is 1. The number of amides is 1. The molecule has 0 unspecified atom stereocenters. The van der Waals surface area contributed by atoms with Crippen LogP contribution in [-0.4, -0.2) is 17.9 Å². The van der Waals surface area contributed by atoms with Crippen molar-refractivity contribution in [2.24, 2.45) is 0 Å². The molecule has 1 rings (SSSR count). The van der Waals surface area contributed by atoms with Crippen molar-refractivity contribution in [2.75, 3.05) is 7.05 Å². The van der Waals surface area contributed by atoms with Gasteiger partial charge in [0.15, 0.2) is 0 Å². The fourth-order valence-electron chi connectivity index (χ4n) is 0.863. The lowest BCUT2D eigenvalue weighted by Gasteiger charge is -2.01. The Bertz CT molecular complexity index is 271. The third-order valence-electron chi connectivity index (χ3n) is 1.49. The van der Waals surface area contributed by atoms with Crippen molar-refractivity contribution in [1.29, 1.82) is 0 Å². The standard InChI is InChI=1S/C8H10N2O.C2H6/c1-6-5-10-4-3-7(6)8(11)9-2;1-2/h3-5H,1-2H3,(H,9,11);1-2H3. The first-order chi connectivity index (χ1) is 6.25. The maximum absolute atomic E-state index is 11.1. The Balaban J connectivity index is 0.000000671. The van der Waals surface area contributed by atoms with E-state index in [2.05, 4.69) is 10.3 Å². The molecule has 0 saturated heterocycles. The molecule has 72 valence electrons. The molecule has 0 saturated carbocycles. The Morgan fingerprint density at radius 2 is 2.08 bits per heavy atom. The number of aryl methyl sites for hydroxylation is 1. The number of hydrogen-bond acceptors (Lipinski definition) is 2. The van der Waals surface area contributed by atoms with Crippen molar-refractivity contribution in [3.8, 4) is 0 Å². The smallest absolute Gasteiger partial charge is 0.251 e. The summed E-state index contributed by atoms with van der Waals surface area (Å²) in [6, 6.07) is 1.70. The molecule has 0 aliphatic heterocycles. The Hall–Kier alpha value is -1.38. The summed E-state index contributed by atoms with van der Waals surface area (Å²) in [7, 11) is 1.61. The van der Waals surface area contributed by atoms with Gasteiger partial charge in [-0.05, 0) is 18.6 Å². The van der Waals surface area contributed by atoms with E-state index in [9.17, 15) is 4.79 Å². The minimum absolute atomic E-state index is 0.0649. The highest BCUT2D eigenvalue weighted by Crippen LogP contribution is 2.03. The first kappa shape index (κ1) is 11.6. The van der Waals surface area contributed by atoms with Gasteiger partial charge in [0.05, 0.1) is 0 Å². The SMILES string of the molecule is CC.CNC(=O)c1ccncc1C. The predicted molar refractivity (Wildman–Crippen MR) is 53.7 cm³/mol. The van der Waals surface area contributed by atoms with Crippen molar-refractivity contribution >= 4 is 5.91 Å². The van der Waals surface area contributed by atoms with Gasteiger partial charge in [-0.15, -0.1) is 0 Å². The zero-order valence-corrected chi connectivity index (χ0v) is 8.59. The van der Waals surface area contributed by atoms with Crippen LogP contribution in [-0.2, 0) is 0 Å². The summed E-state index contributed by atoms with van der Waals surface area (Å²) in [5.74, 6) is -0.0649. The van der Waals surface area contributed by atoms with E-state index in [-0.39, 0.29) is 5.91 Å². The quantitative estimate of drug-likeness (QED) is 0.715. The molecular formula is C10H16N2O. The number of nitrogens with zero attached hydrogens (tertiary/aromatic N) is 1. The summed E-state index contributed by atoms with van der Waals surface area (Å²) in [6.07, 6.45) is 3.28. The summed E-state index contributed by atoms with van der Waals surface area (Å²) in [5, 5.41) is 2.56. The molecular weight excluding hydrogens is 164 g/mol. The molecule has 0 aliphatic rings. The largest absolute Gasteiger partial charge is 0.355 e. The highest BCUT2D eigenvalue weighted by Gasteiger charge is 2.04. The molecule has 1 aromatic heterocycles. The van der Waals surface area contributed by atoms with Crippen molar-refractivity contribution in [1.82, 2.24) is 10.3 Å². The summed E-state index contributed by atoms with van der Waals surface area (Å²) in [5.41, 5.74) is 1.58. The lowest BCUT2D eigenvalue weighted by Crippen LogP contribution is -2.18. The molecule has 0 fully saturated rings. The van der Waals surface area contributed by atoms with Gasteiger partial charge in [0.2, 0.25) is 0 Å². The van der Waals surface area contributed by atoms with Crippen LogP contribution in [0.4, 0.5) is 0 Å². The van der Waals surface area contributed by atoms with Gasteiger partial charge in [-0.3, -0.25) is 9.78 Å². The van der Waals surface area contributed by atoms with E-state index in [4.69, 9.17) is 0 Å². The second-order valence-corrected chi connectivity index (χ2v) is 2.27. The van der Waals surface area contributed by atoms with Crippen molar-refractivity contribution < 1.29 is 4.79 Å². The molecule has 1 N–H and O–H groups in total. The number of hydrogen-bond donors (Lipinski definition) is 1. The highest BCUT2D eigenvalue weighted by molar-refractivity contribution is 5.95. The lowest BCUT2D eigenvalue weighted by molar-refractivity contribution is 0.0962. The molecule has 1 amide bonds. The number of carbonyl (C=O) groups is 1. The van der Waals surface area contributed by atoms with Crippen LogP contribution in [0.1, 0.15) is 29.8 Å². The average molecular weight is 180 g/mol. The Morgan fingerprint density at radius 3 is 2.54 bits per heavy atom. The summed E-state index contributed by atoms with van der Waals surface area (Å²) >= 11 is 0. The Morgan fingerprint density at radius 1 is 1.46 bits per heavy atom. The molecule has 3 nitrogen and oxygen atoms in total. The molecule has 0 spiro atoms. The van der Waals surface area contributed by atoms with E-state index in [1.165, 1.54) is 0 Å². The first-order valence-electron chi connectivity index (χ1n) is 4.38. The van der Waals surface area contributed by atoms with Gasteiger partial charge in [-0.2, -0.15) is 0 Å². The van der Waals surface area contributed by atoms with E-state index < -0.39 is 0 Å². The minimum atomic E-state index is -0.0649. The van der Waals surface area contributed by atoms with E-state index in [0.29, 0.717) is 5.56 Å². The maximum Gasteiger partial charge on any atom is 0.251 e. The van der Waals surface area contributed by atoms with Crippen LogP contribution in [0, 0.1) is 6.92 Å². The number of nitrogens with one attached hydrogen (secondary N) is 1. The molecule has 1 aromatic rings. The number of aromatic nitrogens is 1. The van der Waals surface area contributed by atoms with E-state index in [1.54, 1.807) is 25.5 Å². The minimum Gasteiger partial charge on any atom is -0.355 e. The normalized spacial score (nSPS) is 8.31. The Kier molecular flexibility index (Phi) is 5.52. The number of rotatable bonds is 1. The molecule has 0 atom stereocenters. The van der Waals surface area contributed by atoms with Crippen LogP contribution in [0.2, 0.25) is 0 Å². The van der Waals surface area contributed by atoms with Crippen LogP contribution in [0.3, 0.4) is 0 Å². The molecule has 0 bridgehead atoms. The van der Waals surface area contributed by atoms with Gasteiger partial charge in [-0.25, -0.2) is 0 Å². The van der Waals surface area contributed by atoms with Gasteiger partial charge >= 0.3 is 0 Å². The topological polar surface area (TPSA) is 42.0 Å². The molecule has 1 heterocycles. The highest BCUT2D eigenvalue weighted by atomic mass is 16.1. The molecule has 3 heteroatoms. The second-order valence-electron chi connectivity index (χ2n) is 2.27. The monoisotopic (exact) mass is 180 g/mol. The third-order valence-corrected chi connectivity index (χ3v) is 1.49. The van der Waals surface area contributed by atoms with Crippen LogP contribution in [0.5, 0.6) is 0 Å². The molecule has 0 aliphatic carbocycles. The van der Waals surface area contributed by atoms with E-state index in [0.717, 1.165) is 5.56 Å². The summed E-state index contributed by atoms with van der Waals surface area (Å²) in [4.78, 5) is 15.0. The predicted octanol–water partition coefficient (Wildman–Crippen LogP) is 1.78. The van der Waals surface area contributed by atoms with Crippen LogP contribution < -0.4 is 5.32 Å². The summed E-state index contributed by atoms with van der Waals surface area (Å²) < 4.78 is 0. The van der Waals surface area contributed by atoms with Crippen LogP contribution in [0.25, 0.3) is 0 Å². The second kappa shape index (κ2) is 6.17. The van der Waals surface area contributed by atoms with Crippen molar-refractivity contribution in [2.45, 2.75) is 20.8 Å². The fraction of sp³-hybridized carbons (Fsp3) is 0.400. The van der Waals surface area contributed by atoms with Gasteiger partial charge in [0, 0.05) is 25.0 Å². The van der Waals surface area contributed by atoms with Gasteiger partial charge in [0.25, 0.3) is 5.91 Å². The fourth-order valence-corrected chi connectivity index (χ4v) is 0.863. The maximum atomic E-state index is 11.1. The van der Waals surface area contributed by atoms with Gasteiger partial charge in [0.1, 0.15) is 0 Å². The zero-order valence-electron chi connectivity index (χ0n) is 8.59. The molecule has 0 aromatic carbocycles. The Labute approximate surface area is 79.2 Å². The van der Waals surface area contributed by atoms with Crippen LogP contribution in [0.15, 0.2) is 18.5 Å². The van der Waals surface area contributed by atoms with E-state index >= 15 is 0 Å². The molecule has 13 heavy (non-hydrogen) atoms. The summed E-state index contributed by atoms with van der Waals surface area (Å²) in [6.45, 7) is 5.86. The van der Waals surface area contributed by atoms with Crippen molar-refractivity contribution in [3.05, 3.63) is 29.6 Å². The first-order valence-corrected chi connectivity index (χ1v) is 4.38. The molecule has 0 radical (unpaired) electrons. The lowest BCUT2D eigenvalue weighted by atomic mass is 10.1. The number of pyridine rings is 1. The average Bonchev–Trinajstić information content (AvgIpc) is 2.20. The van der Waals surface area contributed by atoms with Gasteiger partial charge < -0.3 is 5.32 Å². The van der Waals surface area contributed by atoms with Crippen molar-refractivity contribution in [3.63, 3.8) is 0 Å². The third kappa shape index (κ3) is 3.23. The van der Waals surface area contributed by atoms with Crippen LogP contribution >= 0.6 is 0 Å². The zero-order chi connectivity index (χ0) is 10.3.